The van der Waals surface area contributed by atoms with Crippen molar-refractivity contribution in [2.75, 3.05) is 0 Å². The maximum atomic E-state index is 5.94. The monoisotopic (exact) mass is 363 g/mol. The zero-order valence-electron chi connectivity index (χ0n) is 12.0. The minimum atomic E-state index is 0.368. The van der Waals surface area contributed by atoms with Gasteiger partial charge in [0.15, 0.2) is 0 Å². The highest BCUT2D eigenvalue weighted by Crippen LogP contribution is 2.40. The standard InChI is InChI=1S/C18H19BrClN/c1-12(13-6-8-15(20)9-7-13)21-16-10-14(11-16)17-4-2-3-5-18(17)19/h2-9,12,14,16,21H,10-11H2,1H3. The molecule has 2 aromatic rings. The Morgan fingerprint density at radius 1 is 1.10 bits per heavy atom. The van der Waals surface area contributed by atoms with Crippen molar-refractivity contribution in [1.82, 2.24) is 5.32 Å². The molecule has 0 saturated heterocycles. The fourth-order valence-corrected chi connectivity index (χ4v) is 3.75. The van der Waals surface area contributed by atoms with Gasteiger partial charge in [-0.2, -0.15) is 0 Å². The van der Waals surface area contributed by atoms with Crippen molar-refractivity contribution in [3.05, 3.63) is 69.2 Å². The fraction of sp³-hybridized carbons (Fsp3) is 0.333. The molecule has 0 spiro atoms. The molecule has 2 aromatic carbocycles. The van der Waals surface area contributed by atoms with E-state index in [0.717, 1.165) is 5.02 Å². The molecule has 1 unspecified atom stereocenters. The van der Waals surface area contributed by atoms with Crippen LogP contribution in [-0.4, -0.2) is 6.04 Å². The summed E-state index contributed by atoms with van der Waals surface area (Å²) in [5.74, 6) is 0.676. The van der Waals surface area contributed by atoms with Gasteiger partial charge in [-0.25, -0.2) is 0 Å². The number of hydrogen-bond donors (Lipinski definition) is 1. The lowest BCUT2D eigenvalue weighted by molar-refractivity contribution is 0.270. The van der Waals surface area contributed by atoms with E-state index in [1.54, 1.807) is 0 Å². The van der Waals surface area contributed by atoms with Gasteiger partial charge in [0.25, 0.3) is 0 Å². The first kappa shape index (κ1) is 15.1. The van der Waals surface area contributed by atoms with Crippen molar-refractivity contribution >= 4 is 27.5 Å². The van der Waals surface area contributed by atoms with E-state index >= 15 is 0 Å². The number of benzene rings is 2. The van der Waals surface area contributed by atoms with Gasteiger partial charge in [0.1, 0.15) is 0 Å². The molecule has 1 saturated carbocycles. The molecule has 1 aliphatic carbocycles. The molecule has 1 aliphatic rings. The van der Waals surface area contributed by atoms with E-state index in [-0.39, 0.29) is 0 Å². The van der Waals surface area contributed by atoms with E-state index in [2.05, 4.69) is 64.6 Å². The summed E-state index contributed by atoms with van der Waals surface area (Å²) >= 11 is 9.59. The Morgan fingerprint density at radius 3 is 2.43 bits per heavy atom. The van der Waals surface area contributed by atoms with Gasteiger partial charge >= 0.3 is 0 Å². The lowest BCUT2D eigenvalue weighted by Crippen LogP contribution is -2.41. The largest absolute Gasteiger partial charge is 0.307 e. The van der Waals surface area contributed by atoms with Gasteiger partial charge in [0, 0.05) is 21.6 Å². The van der Waals surface area contributed by atoms with Gasteiger partial charge in [0.2, 0.25) is 0 Å². The van der Waals surface area contributed by atoms with Crippen molar-refractivity contribution < 1.29 is 0 Å². The first-order valence-corrected chi connectivity index (χ1v) is 8.56. The average molecular weight is 365 g/mol. The molecule has 0 aromatic heterocycles. The third kappa shape index (κ3) is 3.50. The van der Waals surface area contributed by atoms with Crippen LogP contribution in [0, 0.1) is 0 Å². The van der Waals surface area contributed by atoms with Crippen LogP contribution in [0.25, 0.3) is 0 Å². The maximum absolute atomic E-state index is 5.94. The Labute approximate surface area is 139 Å². The SMILES string of the molecule is CC(NC1CC(c2ccccc2Br)C1)c1ccc(Cl)cc1. The van der Waals surface area contributed by atoms with Crippen LogP contribution < -0.4 is 5.32 Å². The van der Waals surface area contributed by atoms with E-state index in [4.69, 9.17) is 11.6 Å². The van der Waals surface area contributed by atoms with Gasteiger partial charge in [0.05, 0.1) is 0 Å². The van der Waals surface area contributed by atoms with Crippen molar-refractivity contribution in [3.8, 4) is 0 Å². The van der Waals surface area contributed by atoms with Crippen molar-refractivity contribution in [3.63, 3.8) is 0 Å². The van der Waals surface area contributed by atoms with Gasteiger partial charge < -0.3 is 5.32 Å². The molecule has 1 fully saturated rings. The molecule has 1 atom stereocenters. The average Bonchev–Trinajstić information content (AvgIpc) is 2.44. The highest BCUT2D eigenvalue weighted by molar-refractivity contribution is 9.10. The summed E-state index contributed by atoms with van der Waals surface area (Å²) in [5.41, 5.74) is 2.73. The topological polar surface area (TPSA) is 12.0 Å². The second-order valence-electron chi connectivity index (χ2n) is 5.83. The quantitative estimate of drug-likeness (QED) is 0.734. The van der Waals surface area contributed by atoms with Gasteiger partial charge in [-0.05, 0) is 55.0 Å². The van der Waals surface area contributed by atoms with Crippen LogP contribution in [0.2, 0.25) is 5.02 Å². The molecule has 0 bridgehead atoms. The van der Waals surface area contributed by atoms with Crippen LogP contribution in [0.4, 0.5) is 0 Å². The summed E-state index contributed by atoms with van der Waals surface area (Å²) in [4.78, 5) is 0. The van der Waals surface area contributed by atoms with Crippen LogP contribution in [0.5, 0.6) is 0 Å². The van der Waals surface area contributed by atoms with Crippen LogP contribution in [0.15, 0.2) is 53.0 Å². The molecule has 0 heterocycles. The molecular formula is C18H19BrClN. The molecule has 0 radical (unpaired) electrons. The minimum Gasteiger partial charge on any atom is -0.307 e. The molecule has 1 nitrogen and oxygen atoms in total. The normalized spacial score (nSPS) is 22.6. The molecule has 0 aliphatic heterocycles. The highest BCUT2D eigenvalue weighted by atomic mass is 79.9. The Kier molecular flexibility index (Phi) is 4.68. The second-order valence-corrected chi connectivity index (χ2v) is 7.12. The highest BCUT2D eigenvalue weighted by Gasteiger charge is 2.32. The summed E-state index contributed by atoms with van der Waals surface area (Å²) in [6.45, 7) is 2.22. The molecule has 0 amide bonds. The number of rotatable bonds is 4. The Balaban J connectivity index is 1.55. The maximum Gasteiger partial charge on any atom is 0.0406 e. The van der Waals surface area contributed by atoms with Crippen LogP contribution >= 0.6 is 27.5 Å². The molecule has 110 valence electrons. The van der Waals surface area contributed by atoms with Crippen LogP contribution in [0.3, 0.4) is 0 Å². The zero-order valence-corrected chi connectivity index (χ0v) is 14.4. The zero-order chi connectivity index (χ0) is 14.8. The smallest absolute Gasteiger partial charge is 0.0406 e. The molecule has 3 heteroatoms. The Morgan fingerprint density at radius 2 is 1.76 bits per heavy atom. The number of hydrogen-bond acceptors (Lipinski definition) is 1. The predicted octanol–water partition coefficient (Wildman–Crippen LogP) is 5.70. The van der Waals surface area contributed by atoms with Gasteiger partial charge in [-0.3, -0.25) is 0 Å². The summed E-state index contributed by atoms with van der Waals surface area (Å²) < 4.78 is 1.24. The first-order valence-electron chi connectivity index (χ1n) is 7.39. The lowest BCUT2D eigenvalue weighted by Gasteiger charge is -2.38. The third-order valence-electron chi connectivity index (χ3n) is 4.34. The summed E-state index contributed by atoms with van der Waals surface area (Å²) in [5, 5.41) is 4.51. The number of halogens is 2. The Bertz CT molecular complexity index is 605. The summed E-state index contributed by atoms with van der Waals surface area (Å²) in [6.07, 6.45) is 2.42. The number of nitrogens with one attached hydrogen (secondary N) is 1. The van der Waals surface area contributed by atoms with E-state index in [0.29, 0.717) is 18.0 Å². The van der Waals surface area contributed by atoms with E-state index in [9.17, 15) is 0 Å². The second kappa shape index (κ2) is 6.51. The Hall–Kier alpha value is -0.830. The van der Waals surface area contributed by atoms with E-state index < -0.39 is 0 Å². The van der Waals surface area contributed by atoms with E-state index in [1.165, 1.54) is 28.4 Å². The minimum absolute atomic E-state index is 0.368. The predicted molar refractivity (Wildman–Crippen MR) is 92.9 cm³/mol. The van der Waals surface area contributed by atoms with Crippen molar-refractivity contribution in [2.24, 2.45) is 0 Å². The van der Waals surface area contributed by atoms with Crippen LogP contribution in [-0.2, 0) is 0 Å². The summed E-state index contributed by atoms with van der Waals surface area (Å²) in [6, 6.07) is 17.6. The lowest BCUT2D eigenvalue weighted by atomic mass is 9.75. The van der Waals surface area contributed by atoms with Crippen molar-refractivity contribution in [1.29, 1.82) is 0 Å². The first-order chi connectivity index (χ1) is 10.1. The van der Waals surface area contributed by atoms with Crippen LogP contribution in [0.1, 0.15) is 42.9 Å². The van der Waals surface area contributed by atoms with E-state index in [1.807, 2.05) is 12.1 Å². The molecule has 3 rings (SSSR count). The third-order valence-corrected chi connectivity index (χ3v) is 5.31. The van der Waals surface area contributed by atoms with Gasteiger partial charge in [-0.1, -0.05) is 57.9 Å². The van der Waals surface area contributed by atoms with Crippen molar-refractivity contribution in [2.45, 2.75) is 37.8 Å². The molecular weight excluding hydrogens is 346 g/mol. The molecule has 1 N–H and O–H groups in total. The van der Waals surface area contributed by atoms with Gasteiger partial charge in [-0.15, -0.1) is 0 Å². The fourth-order valence-electron chi connectivity index (χ4n) is 3.02. The molecule has 21 heavy (non-hydrogen) atoms. The summed E-state index contributed by atoms with van der Waals surface area (Å²) in [7, 11) is 0.